The van der Waals surface area contributed by atoms with Crippen LogP contribution >= 0.6 is 86.9 Å². The van der Waals surface area contributed by atoms with Gasteiger partial charge in [0.05, 0.1) is 11.4 Å². The summed E-state index contributed by atoms with van der Waals surface area (Å²) in [7, 11) is 0. The normalized spacial score (nSPS) is 20.7. The van der Waals surface area contributed by atoms with E-state index in [1.54, 1.807) is 4.90 Å². The molecule has 64 heavy (non-hydrogen) atoms. The van der Waals surface area contributed by atoms with E-state index in [4.69, 9.17) is 37.9 Å². The van der Waals surface area contributed by atoms with Crippen molar-refractivity contribution in [2.45, 2.75) is 109 Å². The molecule has 2 aromatic heterocycles. The van der Waals surface area contributed by atoms with Gasteiger partial charge in [-0.15, -0.1) is 0 Å². The predicted octanol–water partition coefficient (Wildman–Crippen LogP) is 13.3. The van der Waals surface area contributed by atoms with Crippen LogP contribution in [0.4, 0.5) is 4.79 Å². The van der Waals surface area contributed by atoms with Crippen LogP contribution in [-0.4, -0.2) is 76.6 Å². The number of aromatic nitrogens is 2. The van der Waals surface area contributed by atoms with Gasteiger partial charge in [-0.2, -0.15) is 0 Å². The Morgan fingerprint density at radius 1 is 0.656 bits per heavy atom. The summed E-state index contributed by atoms with van der Waals surface area (Å²) in [4.78, 5) is 39.4. The van der Waals surface area contributed by atoms with Gasteiger partial charge in [0.1, 0.15) is 5.60 Å². The summed E-state index contributed by atoms with van der Waals surface area (Å²) in [6.45, 7) is 10.7. The largest absolute Gasteiger partial charge is 0.444 e. The van der Waals surface area contributed by atoms with Crippen LogP contribution in [0.3, 0.4) is 0 Å². The Morgan fingerprint density at radius 3 is 1.59 bits per heavy atom. The number of nitrogens with one attached hydrogen (secondary N) is 1. The quantitative estimate of drug-likeness (QED) is 0.219. The molecule has 2 aromatic carbocycles. The fourth-order valence-electron chi connectivity index (χ4n) is 10.7. The summed E-state index contributed by atoms with van der Waals surface area (Å²) in [5.41, 5.74) is 9.94. The number of ether oxygens (including phenoxy) is 1. The van der Waals surface area contributed by atoms with Crippen LogP contribution in [0.25, 0.3) is 0 Å². The molecule has 3 fully saturated rings. The Kier molecular flexibility index (Phi) is 15.9. The van der Waals surface area contributed by atoms with Gasteiger partial charge in [-0.25, -0.2) is 4.79 Å². The first-order valence-corrected chi connectivity index (χ1v) is 26.7. The molecule has 0 radical (unpaired) electrons. The van der Waals surface area contributed by atoms with Crippen LogP contribution < -0.4 is 5.32 Å². The predicted molar refractivity (Wildman–Crippen MR) is 271 cm³/mol. The Labute approximate surface area is 422 Å². The van der Waals surface area contributed by atoms with E-state index in [0.717, 1.165) is 111 Å². The lowest BCUT2D eigenvalue weighted by atomic mass is 9.76. The van der Waals surface area contributed by atoms with Crippen molar-refractivity contribution in [2.75, 3.05) is 39.3 Å². The van der Waals surface area contributed by atoms with E-state index in [2.05, 4.69) is 98.2 Å². The van der Waals surface area contributed by atoms with Crippen molar-refractivity contribution < 1.29 is 14.3 Å². The van der Waals surface area contributed by atoms with Gasteiger partial charge in [-0.3, -0.25) is 14.8 Å². The molecule has 8 nitrogen and oxygen atoms in total. The summed E-state index contributed by atoms with van der Waals surface area (Å²) >= 11 is 27.7. The number of carbonyl (C=O) groups is 2. The van der Waals surface area contributed by atoms with Crippen molar-refractivity contribution in [1.29, 1.82) is 0 Å². The number of hydrogen-bond donors (Lipinski definition) is 1. The van der Waals surface area contributed by atoms with Crippen LogP contribution in [0.15, 0.2) is 66.7 Å². The lowest BCUT2D eigenvalue weighted by Gasteiger charge is -2.38. The zero-order valence-corrected chi connectivity index (χ0v) is 44.7. The van der Waals surface area contributed by atoms with Crippen LogP contribution in [-0.2, 0) is 35.2 Å². The second-order valence-electron chi connectivity index (χ2n) is 19.2. The highest BCUT2D eigenvalue weighted by Crippen LogP contribution is 2.48. The summed E-state index contributed by atoms with van der Waals surface area (Å²) in [6.07, 6.45) is 14.0. The number of rotatable bonds is 4. The molecular weight excluding hydrogens is 1110 g/mol. The summed E-state index contributed by atoms with van der Waals surface area (Å²) < 4.78 is 9.76. The van der Waals surface area contributed by atoms with Crippen molar-refractivity contribution in [3.8, 4) is 0 Å². The zero-order valence-electron chi connectivity index (χ0n) is 36.8. The topological polar surface area (TPSA) is 87.7 Å². The second-order valence-corrected chi connectivity index (χ2v) is 23.6. The first kappa shape index (κ1) is 48.4. The maximum atomic E-state index is 13.3. The van der Waals surface area contributed by atoms with Gasteiger partial charge in [-0.05, 0) is 217 Å². The summed E-state index contributed by atoms with van der Waals surface area (Å²) in [5.74, 6) is 2.08. The van der Waals surface area contributed by atoms with Crippen LogP contribution in [0.5, 0.6) is 0 Å². The maximum Gasteiger partial charge on any atom is 0.410 e. The van der Waals surface area contributed by atoms with E-state index in [-0.39, 0.29) is 17.9 Å². The van der Waals surface area contributed by atoms with Gasteiger partial charge in [0, 0.05) is 84.8 Å². The number of hydrogen-bond acceptors (Lipinski definition) is 6. The highest BCUT2D eigenvalue weighted by molar-refractivity contribution is 9.11. The lowest BCUT2D eigenvalue weighted by Crippen LogP contribution is -2.44. The minimum Gasteiger partial charge on any atom is -0.444 e. The van der Waals surface area contributed by atoms with Crippen molar-refractivity contribution in [3.63, 3.8) is 0 Å². The smallest absolute Gasteiger partial charge is 0.410 e. The monoisotopic (exact) mass is 1160 g/mol. The summed E-state index contributed by atoms with van der Waals surface area (Å²) in [6, 6.07) is 12.8. The van der Waals surface area contributed by atoms with Crippen molar-refractivity contribution in [2.24, 2.45) is 17.8 Å². The molecule has 9 rings (SSSR count). The molecule has 3 aliphatic heterocycles. The molecule has 2 amide bonds. The third kappa shape index (κ3) is 11.4. The highest BCUT2D eigenvalue weighted by Gasteiger charge is 2.38. The standard InChI is InChI=1S/C31H38Br2ClN3O3.C19H19Br2ClN2/c1-31(2,3)40-30(39)37-10-6-19(7-11-37)14-26(38)36-12-8-20(9-13-36)28-27-21(16-24(34)17-25(27)33)4-5-22-15-23(32)18-35-29(22)28;20-14-7-13-2-1-12-8-15(22)9-16(21)17(12)18(19(13)24-10-14)11-3-5-23-6-4-11/h15-20,28H,4-14H2,1-3H3;7-11,18,23H,1-6H2. The van der Waals surface area contributed by atoms with Gasteiger partial charge < -0.3 is 19.9 Å². The van der Waals surface area contributed by atoms with Crippen molar-refractivity contribution >= 4 is 98.9 Å². The van der Waals surface area contributed by atoms with Gasteiger partial charge in [-0.1, -0.05) is 55.1 Å². The third-order valence-electron chi connectivity index (χ3n) is 13.8. The van der Waals surface area contributed by atoms with E-state index in [9.17, 15) is 9.59 Å². The number of carbonyl (C=O) groups excluding carboxylic acids is 2. The van der Waals surface area contributed by atoms with Gasteiger partial charge in [0.2, 0.25) is 5.91 Å². The number of pyridine rings is 2. The van der Waals surface area contributed by atoms with Gasteiger partial charge >= 0.3 is 6.09 Å². The number of nitrogens with zero attached hydrogens (tertiary/aromatic N) is 4. The molecule has 5 heterocycles. The van der Waals surface area contributed by atoms with E-state index in [1.807, 2.05) is 45.3 Å². The fraction of sp³-hybridized carbons (Fsp3) is 0.520. The third-order valence-corrected chi connectivity index (χ3v) is 16.4. The average molecular weight is 1170 g/mol. The van der Waals surface area contributed by atoms with Gasteiger partial charge in [0.25, 0.3) is 0 Å². The molecule has 2 aliphatic carbocycles. The molecule has 0 saturated carbocycles. The second kappa shape index (κ2) is 21.1. The molecular formula is C50H57Br4Cl2N5O3. The number of fused-ring (bicyclic) bond motifs is 4. The first-order chi connectivity index (χ1) is 30.6. The zero-order chi connectivity index (χ0) is 45.3. The Morgan fingerprint density at radius 2 is 1.11 bits per heavy atom. The average Bonchev–Trinajstić information content (AvgIpc) is 3.52. The molecule has 0 bridgehead atoms. The first-order valence-electron chi connectivity index (χ1n) is 22.8. The molecule has 3 saturated heterocycles. The fourth-order valence-corrected chi connectivity index (χ4v) is 13.7. The number of amides is 2. The Balaban J connectivity index is 0.000000198. The number of halogens is 6. The number of aryl methyl sites for hydroxylation is 4. The molecule has 5 aliphatic rings. The molecule has 342 valence electrons. The molecule has 1 N–H and O–H groups in total. The molecule has 2 unspecified atom stereocenters. The van der Waals surface area contributed by atoms with E-state index in [1.165, 1.54) is 51.9 Å². The molecule has 14 heteroatoms. The SMILES string of the molecule is CC(C)(C)OC(=O)N1CCC(CC(=O)N2CCC(C3c4ncc(Br)cc4CCc4cc(Cl)cc(Br)c43)CC2)CC1.Clc1cc(Br)c2c(c1)CCc1cc(Br)cnc1C2C1CCNCC1. The van der Waals surface area contributed by atoms with Crippen LogP contribution in [0.2, 0.25) is 10.0 Å². The molecule has 0 spiro atoms. The van der Waals surface area contributed by atoms with Crippen molar-refractivity contribution in [3.05, 3.63) is 121 Å². The van der Waals surface area contributed by atoms with Crippen LogP contribution in [0, 0.1) is 17.8 Å². The summed E-state index contributed by atoms with van der Waals surface area (Å²) in [5, 5.41) is 5.05. The molecule has 2 atom stereocenters. The van der Waals surface area contributed by atoms with Gasteiger partial charge in [0.15, 0.2) is 0 Å². The van der Waals surface area contributed by atoms with E-state index < -0.39 is 5.60 Å². The highest BCUT2D eigenvalue weighted by atomic mass is 79.9. The number of piperidine rings is 3. The number of likely N-dealkylation sites (tertiary alicyclic amines) is 2. The maximum absolute atomic E-state index is 13.3. The molecule has 4 aromatic rings. The minimum absolute atomic E-state index is 0.168. The Bertz CT molecular complexity index is 2360. The van der Waals surface area contributed by atoms with Crippen LogP contribution in [0.1, 0.15) is 122 Å². The number of benzene rings is 2. The minimum atomic E-state index is -0.493. The Hall–Kier alpha value is -2.06. The van der Waals surface area contributed by atoms with E-state index >= 15 is 0 Å². The van der Waals surface area contributed by atoms with Crippen molar-refractivity contribution in [1.82, 2.24) is 25.1 Å². The lowest BCUT2D eigenvalue weighted by molar-refractivity contribution is -0.134. The van der Waals surface area contributed by atoms with E-state index in [0.29, 0.717) is 43.2 Å².